The molecule has 0 aliphatic heterocycles. The fourth-order valence-corrected chi connectivity index (χ4v) is 3.73. The van der Waals surface area contributed by atoms with E-state index in [9.17, 15) is 4.79 Å². The second-order valence-electron chi connectivity index (χ2n) is 6.53. The molecule has 3 N–H and O–H groups in total. The van der Waals surface area contributed by atoms with Gasteiger partial charge < -0.3 is 11.1 Å². The molecule has 1 aromatic carbocycles. The minimum Gasteiger partial charge on any atom is -0.348 e. The number of halogens is 1. The molecule has 1 aromatic rings. The van der Waals surface area contributed by atoms with Crippen LogP contribution in [0.15, 0.2) is 24.3 Å². The predicted molar refractivity (Wildman–Crippen MR) is 86.0 cm³/mol. The Morgan fingerprint density at radius 1 is 1.16 bits per heavy atom. The van der Waals surface area contributed by atoms with Crippen molar-refractivity contribution < 1.29 is 4.79 Å². The van der Waals surface area contributed by atoms with Crippen LogP contribution in [0.25, 0.3) is 0 Å². The van der Waals surface area contributed by atoms with Gasteiger partial charge in [-0.2, -0.15) is 0 Å². The summed E-state index contributed by atoms with van der Waals surface area (Å²) < 4.78 is 1.13. The Labute approximate surface area is 128 Å². The van der Waals surface area contributed by atoms with E-state index in [0.717, 1.165) is 3.57 Å². The molecule has 104 valence electrons. The lowest BCUT2D eigenvalue weighted by atomic mass is 9.48. The normalized spacial score (nSPS) is 27.5. The van der Waals surface area contributed by atoms with Crippen LogP contribution in [-0.2, 0) is 0 Å². The third-order valence-electron chi connectivity index (χ3n) is 4.47. The van der Waals surface area contributed by atoms with E-state index in [4.69, 9.17) is 5.73 Å². The first-order chi connectivity index (χ1) is 8.67. The Morgan fingerprint density at radius 2 is 1.63 bits per heavy atom. The van der Waals surface area contributed by atoms with Crippen LogP contribution in [0.1, 0.15) is 38.1 Å². The fourth-order valence-electron chi connectivity index (χ4n) is 3.37. The maximum atomic E-state index is 12.3. The van der Waals surface area contributed by atoms with Gasteiger partial charge in [-0.15, -0.1) is 0 Å². The average Bonchev–Trinajstić information content (AvgIpc) is 2.35. The van der Waals surface area contributed by atoms with Crippen molar-refractivity contribution in [1.29, 1.82) is 0 Å². The molecule has 0 bridgehead atoms. The molecular formula is C15H21IN2O. The quantitative estimate of drug-likeness (QED) is 0.785. The molecule has 4 heteroatoms. The van der Waals surface area contributed by atoms with E-state index >= 15 is 0 Å². The highest BCUT2D eigenvalue weighted by atomic mass is 127. The highest BCUT2D eigenvalue weighted by molar-refractivity contribution is 14.1. The van der Waals surface area contributed by atoms with Gasteiger partial charge in [0, 0.05) is 32.0 Å². The van der Waals surface area contributed by atoms with Crippen LogP contribution in [0.5, 0.6) is 0 Å². The van der Waals surface area contributed by atoms with Crippen molar-refractivity contribution in [3.05, 3.63) is 33.4 Å². The first-order valence-electron chi connectivity index (χ1n) is 6.49. The highest BCUT2D eigenvalue weighted by Crippen LogP contribution is 2.52. The lowest BCUT2D eigenvalue weighted by molar-refractivity contribution is -0.0663. The summed E-state index contributed by atoms with van der Waals surface area (Å²) in [7, 11) is 0. The van der Waals surface area contributed by atoms with E-state index < -0.39 is 0 Å². The summed E-state index contributed by atoms with van der Waals surface area (Å²) in [6, 6.07) is 7.80. The highest BCUT2D eigenvalue weighted by Gasteiger charge is 2.60. The number of rotatable bonds is 2. The van der Waals surface area contributed by atoms with E-state index in [1.54, 1.807) is 0 Å². The van der Waals surface area contributed by atoms with Gasteiger partial charge in [-0.25, -0.2) is 0 Å². The minimum atomic E-state index is -0.0671. The maximum Gasteiger partial charge on any atom is 0.251 e. The lowest BCUT2D eigenvalue weighted by Gasteiger charge is -2.62. The van der Waals surface area contributed by atoms with Crippen molar-refractivity contribution in [2.45, 2.75) is 39.8 Å². The smallest absolute Gasteiger partial charge is 0.251 e. The van der Waals surface area contributed by atoms with Gasteiger partial charge in [-0.1, -0.05) is 27.7 Å². The molecule has 0 aromatic heterocycles. The largest absolute Gasteiger partial charge is 0.348 e. The fraction of sp³-hybridized carbons (Fsp3) is 0.533. The van der Waals surface area contributed by atoms with Gasteiger partial charge >= 0.3 is 0 Å². The number of nitrogens with one attached hydrogen (secondary N) is 1. The molecule has 0 unspecified atom stereocenters. The maximum absolute atomic E-state index is 12.3. The third kappa shape index (κ3) is 2.40. The van der Waals surface area contributed by atoms with E-state index in [0.29, 0.717) is 5.56 Å². The van der Waals surface area contributed by atoms with Gasteiger partial charge in [0.1, 0.15) is 0 Å². The molecule has 0 saturated heterocycles. The van der Waals surface area contributed by atoms with Gasteiger partial charge in [0.2, 0.25) is 0 Å². The van der Waals surface area contributed by atoms with Gasteiger partial charge in [-0.3, -0.25) is 4.79 Å². The molecule has 19 heavy (non-hydrogen) atoms. The van der Waals surface area contributed by atoms with Gasteiger partial charge in [0.15, 0.2) is 0 Å². The average molecular weight is 372 g/mol. The molecule has 2 rings (SSSR count). The number of carbonyl (C=O) groups excluding carboxylic acids is 1. The topological polar surface area (TPSA) is 55.1 Å². The summed E-state index contributed by atoms with van der Waals surface area (Å²) in [4.78, 5) is 12.3. The van der Waals surface area contributed by atoms with Crippen molar-refractivity contribution >= 4 is 28.5 Å². The molecule has 0 spiro atoms. The van der Waals surface area contributed by atoms with Crippen molar-refractivity contribution in [3.8, 4) is 0 Å². The Hall–Kier alpha value is -0.620. The first kappa shape index (κ1) is 14.8. The second-order valence-corrected chi connectivity index (χ2v) is 7.78. The SMILES string of the molecule is CC1(C)C(N)C(C)(C)C1NC(=O)c1ccc(I)cc1. The van der Waals surface area contributed by atoms with E-state index in [2.05, 4.69) is 55.6 Å². The van der Waals surface area contributed by atoms with Crippen LogP contribution in [0.2, 0.25) is 0 Å². The number of amides is 1. The molecule has 1 saturated carbocycles. The molecule has 0 atom stereocenters. The van der Waals surface area contributed by atoms with E-state index in [1.165, 1.54) is 0 Å². The molecule has 1 fully saturated rings. The van der Waals surface area contributed by atoms with Crippen molar-refractivity contribution in [2.75, 3.05) is 0 Å². The zero-order valence-electron chi connectivity index (χ0n) is 11.8. The summed E-state index contributed by atoms with van der Waals surface area (Å²) >= 11 is 2.23. The number of carbonyl (C=O) groups is 1. The number of nitrogens with two attached hydrogens (primary N) is 1. The van der Waals surface area contributed by atoms with E-state index in [1.807, 2.05) is 24.3 Å². The standard InChI is InChI=1S/C15H21IN2O/c1-14(2)12(17)15(3,4)13(14)18-11(19)9-5-7-10(16)8-6-9/h5-8,12-13H,17H2,1-4H3,(H,18,19). The molecular weight excluding hydrogens is 351 g/mol. The monoisotopic (exact) mass is 372 g/mol. The van der Waals surface area contributed by atoms with Gasteiger partial charge in [-0.05, 0) is 46.9 Å². The number of hydrogen-bond acceptors (Lipinski definition) is 2. The molecule has 3 nitrogen and oxygen atoms in total. The first-order valence-corrected chi connectivity index (χ1v) is 7.57. The molecule has 1 amide bonds. The van der Waals surface area contributed by atoms with Crippen molar-refractivity contribution in [1.82, 2.24) is 5.32 Å². The summed E-state index contributed by atoms with van der Waals surface area (Å²) in [5.41, 5.74) is 6.77. The molecule has 0 radical (unpaired) electrons. The summed E-state index contributed by atoms with van der Waals surface area (Å²) in [5, 5.41) is 3.14. The summed E-state index contributed by atoms with van der Waals surface area (Å²) in [6.07, 6.45) is 0. The van der Waals surface area contributed by atoms with Gasteiger partial charge in [0.25, 0.3) is 5.91 Å². The van der Waals surface area contributed by atoms with Crippen LogP contribution in [0.3, 0.4) is 0 Å². The second kappa shape index (κ2) is 4.74. The van der Waals surface area contributed by atoms with E-state index in [-0.39, 0.29) is 28.8 Å². The summed E-state index contributed by atoms with van der Waals surface area (Å²) in [6.45, 7) is 8.45. The Bertz CT molecular complexity index is 477. The van der Waals surface area contributed by atoms with Crippen molar-refractivity contribution in [3.63, 3.8) is 0 Å². The Kier molecular flexibility index (Phi) is 3.68. The lowest BCUT2D eigenvalue weighted by Crippen LogP contribution is -2.76. The number of benzene rings is 1. The minimum absolute atomic E-state index is 0.0190. The van der Waals surface area contributed by atoms with Crippen LogP contribution in [0, 0.1) is 14.4 Å². The zero-order valence-corrected chi connectivity index (χ0v) is 14.0. The van der Waals surface area contributed by atoms with Gasteiger partial charge in [0.05, 0.1) is 0 Å². The Morgan fingerprint density at radius 3 is 2.11 bits per heavy atom. The van der Waals surface area contributed by atoms with Crippen LogP contribution in [0.4, 0.5) is 0 Å². The molecule has 0 heterocycles. The third-order valence-corrected chi connectivity index (χ3v) is 5.19. The summed E-state index contributed by atoms with van der Waals surface area (Å²) in [5.74, 6) is -0.0190. The zero-order chi connectivity index (χ0) is 14.4. The molecule has 1 aliphatic carbocycles. The van der Waals surface area contributed by atoms with Crippen molar-refractivity contribution in [2.24, 2.45) is 16.6 Å². The number of hydrogen-bond donors (Lipinski definition) is 2. The Balaban J connectivity index is 2.13. The van der Waals surface area contributed by atoms with Crippen LogP contribution in [-0.4, -0.2) is 18.0 Å². The van der Waals surface area contributed by atoms with Crippen LogP contribution >= 0.6 is 22.6 Å². The van der Waals surface area contributed by atoms with Crippen LogP contribution < -0.4 is 11.1 Å². The molecule has 1 aliphatic rings. The predicted octanol–water partition coefficient (Wildman–Crippen LogP) is 2.78.